The molecule has 4 nitrogen and oxygen atoms in total. The van der Waals surface area contributed by atoms with Gasteiger partial charge in [-0.1, -0.05) is 0 Å². The third-order valence-electron chi connectivity index (χ3n) is 3.21. The van der Waals surface area contributed by atoms with Gasteiger partial charge in [0.05, 0.1) is 0 Å². The Balaban J connectivity index is 1.67. The molecule has 0 spiro atoms. The van der Waals surface area contributed by atoms with E-state index in [9.17, 15) is 4.79 Å². The maximum Gasteiger partial charge on any atom is 0.407 e. The van der Waals surface area contributed by atoms with Crippen molar-refractivity contribution >= 4 is 6.09 Å². The van der Waals surface area contributed by atoms with Crippen molar-refractivity contribution in [2.75, 3.05) is 19.6 Å². The predicted octanol–water partition coefficient (Wildman–Crippen LogP) is 2.00. The highest BCUT2D eigenvalue weighted by atomic mass is 16.6. The Bertz CT molecular complexity index is 282. The molecular weight excluding hydrogens is 216 g/mol. The highest BCUT2D eigenvalue weighted by molar-refractivity contribution is 5.68. The molecule has 1 unspecified atom stereocenters. The fourth-order valence-corrected chi connectivity index (χ4v) is 2.26. The lowest BCUT2D eigenvalue weighted by molar-refractivity contribution is 0.0506. The van der Waals surface area contributed by atoms with Crippen LogP contribution in [0.3, 0.4) is 0 Å². The van der Waals surface area contributed by atoms with Crippen molar-refractivity contribution in [2.24, 2.45) is 5.92 Å². The minimum atomic E-state index is -0.406. The van der Waals surface area contributed by atoms with Crippen molar-refractivity contribution in [2.45, 2.75) is 51.7 Å². The minimum absolute atomic E-state index is 0.267. The van der Waals surface area contributed by atoms with Gasteiger partial charge in [0.1, 0.15) is 5.60 Å². The molecule has 4 heteroatoms. The van der Waals surface area contributed by atoms with Crippen molar-refractivity contribution in [3.8, 4) is 0 Å². The van der Waals surface area contributed by atoms with Crippen molar-refractivity contribution in [3.05, 3.63) is 0 Å². The molecule has 2 rings (SSSR count). The Labute approximate surface area is 104 Å². The van der Waals surface area contributed by atoms with Crippen molar-refractivity contribution in [1.29, 1.82) is 0 Å². The molecule has 1 atom stereocenters. The molecule has 0 aromatic rings. The molecule has 1 aliphatic carbocycles. The highest BCUT2D eigenvalue weighted by Crippen LogP contribution is 2.30. The van der Waals surface area contributed by atoms with Crippen LogP contribution in [0.1, 0.15) is 40.0 Å². The summed E-state index contributed by atoms with van der Waals surface area (Å²) in [5.41, 5.74) is -0.406. The third-order valence-corrected chi connectivity index (χ3v) is 3.21. The second-order valence-electron chi connectivity index (χ2n) is 6.33. The first-order valence-electron chi connectivity index (χ1n) is 6.64. The second-order valence-corrected chi connectivity index (χ2v) is 6.33. The second kappa shape index (κ2) is 4.84. The number of carbonyl (C=O) groups is 1. The first-order valence-corrected chi connectivity index (χ1v) is 6.64. The van der Waals surface area contributed by atoms with Crippen LogP contribution in [-0.2, 0) is 4.74 Å². The molecule has 0 bridgehead atoms. The normalized spacial score (nSPS) is 25.9. The van der Waals surface area contributed by atoms with E-state index in [0.29, 0.717) is 0 Å². The predicted molar refractivity (Wildman–Crippen MR) is 66.9 cm³/mol. The van der Waals surface area contributed by atoms with Gasteiger partial charge in [0.2, 0.25) is 0 Å². The Morgan fingerprint density at radius 1 is 1.35 bits per heavy atom. The lowest BCUT2D eigenvalue weighted by Crippen LogP contribution is -2.40. The summed E-state index contributed by atoms with van der Waals surface area (Å²) in [7, 11) is 0. The van der Waals surface area contributed by atoms with Crippen molar-refractivity contribution in [1.82, 2.24) is 10.2 Å². The zero-order valence-corrected chi connectivity index (χ0v) is 11.2. The summed E-state index contributed by atoms with van der Waals surface area (Å²) < 4.78 is 5.26. The summed E-state index contributed by atoms with van der Waals surface area (Å²) in [6.07, 6.45) is 3.54. The van der Waals surface area contributed by atoms with Crippen LogP contribution in [0.25, 0.3) is 0 Å². The van der Waals surface area contributed by atoms with E-state index in [1.165, 1.54) is 19.4 Å². The van der Waals surface area contributed by atoms with Crippen LogP contribution in [-0.4, -0.2) is 42.3 Å². The first-order chi connectivity index (χ1) is 7.92. The van der Waals surface area contributed by atoms with Gasteiger partial charge in [0, 0.05) is 25.7 Å². The SMILES string of the molecule is CC(C)(C)OC(=O)NC1CCN(CC2CC2)C1. The molecule has 2 aliphatic rings. The Morgan fingerprint density at radius 2 is 2.06 bits per heavy atom. The monoisotopic (exact) mass is 240 g/mol. The summed E-state index contributed by atoms with van der Waals surface area (Å²) in [6.45, 7) is 8.97. The number of likely N-dealkylation sites (tertiary alicyclic amines) is 1. The van der Waals surface area contributed by atoms with Crippen LogP contribution < -0.4 is 5.32 Å². The molecule has 98 valence electrons. The summed E-state index contributed by atoms with van der Waals surface area (Å²) >= 11 is 0. The molecular formula is C13H24N2O2. The Morgan fingerprint density at radius 3 is 2.65 bits per heavy atom. The number of rotatable bonds is 3. The molecule has 1 saturated carbocycles. The lowest BCUT2D eigenvalue weighted by Gasteiger charge is -2.22. The average Bonchev–Trinajstić information content (AvgIpc) is 2.84. The molecule has 2 fully saturated rings. The number of alkyl carbamates (subject to hydrolysis) is 1. The zero-order valence-electron chi connectivity index (χ0n) is 11.2. The highest BCUT2D eigenvalue weighted by Gasteiger charge is 2.30. The van der Waals surface area contributed by atoms with Gasteiger partial charge in [0.15, 0.2) is 0 Å². The average molecular weight is 240 g/mol. The van der Waals surface area contributed by atoms with Gasteiger partial charge < -0.3 is 15.0 Å². The fourth-order valence-electron chi connectivity index (χ4n) is 2.26. The fraction of sp³-hybridized carbons (Fsp3) is 0.923. The summed E-state index contributed by atoms with van der Waals surface area (Å²) in [5.74, 6) is 0.926. The van der Waals surface area contributed by atoms with Gasteiger partial charge in [0.25, 0.3) is 0 Å². The maximum atomic E-state index is 11.6. The van der Waals surface area contributed by atoms with Gasteiger partial charge >= 0.3 is 6.09 Å². The van der Waals surface area contributed by atoms with E-state index in [-0.39, 0.29) is 12.1 Å². The maximum absolute atomic E-state index is 11.6. The molecule has 1 saturated heterocycles. The standard InChI is InChI=1S/C13H24N2O2/c1-13(2,3)17-12(16)14-11-6-7-15(9-11)8-10-4-5-10/h10-11H,4-9H2,1-3H3,(H,14,16). The largest absolute Gasteiger partial charge is 0.444 e. The lowest BCUT2D eigenvalue weighted by atomic mass is 10.2. The molecule has 1 aliphatic heterocycles. The number of hydrogen-bond donors (Lipinski definition) is 1. The number of carbonyl (C=O) groups excluding carboxylic acids is 1. The topological polar surface area (TPSA) is 41.6 Å². The zero-order chi connectivity index (χ0) is 12.5. The quantitative estimate of drug-likeness (QED) is 0.820. The number of ether oxygens (including phenoxy) is 1. The third kappa shape index (κ3) is 4.54. The summed E-state index contributed by atoms with van der Waals surface area (Å²) in [5, 5.41) is 2.96. The number of hydrogen-bond acceptors (Lipinski definition) is 3. The van der Waals surface area contributed by atoms with Crippen LogP contribution in [0.15, 0.2) is 0 Å². The van der Waals surface area contributed by atoms with Crippen LogP contribution in [0, 0.1) is 5.92 Å². The first kappa shape index (κ1) is 12.7. The van der Waals surface area contributed by atoms with Gasteiger partial charge in [-0.05, 0) is 46.0 Å². The molecule has 0 aromatic carbocycles. The minimum Gasteiger partial charge on any atom is -0.444 e. The van der Waals surface area contributed by atoms with Gasteiger partial charge in [-0.3, -0.25) is 0 Å². The van der Waals surface area contributed by atoms with E-state index in [1.54, 1.807) is 0 Å². The molecule has 17 heavy (non-hydrogen) atoms. The van der Waals surface area contributed by atoms with E-state index in [0.717, 1.165) is 25.4 Å². The van der Waals surface area contributed by atoms with Crippen LogP contribution >= 0.6 is 0 Å². The van der Waals surface area contributed by atoms with E-state index in [2.05, 4.69) is 10.2 Å². The smallest absolute Gasteiger partial charge is 0.407 e. The van der Waals surface area contributed by atoms with E-state index >= 15 is 0 Å². The van der Waals surface area contributed by atoms with Crippen molar-refractivity contribution in [3.63, 3.8) is 0 Å². The van der Waals surface area contributed by atoms with E-state index in [4.69, 9.17) is 4.74 Å². The van der Waals surface area contributed by atoms with E-state index < -0.39 is 5.60 Å². The number of nitrogens with one attached hydrogen (secondary N) is 1. The molecule has 0 aromatic heterocycles. The molecule has 1 heterocycles. The molecule has 0 radical (unpaired) electrons. The van der Waals surface area contributed by atoms with Crippen LogP contribution in [0.2, 0.25) is 0 Å². The Kier molecular flexibility index (Phi) is 3.61. The summed E-state index contributed by atoms with van der Waals surface area (Å²) in [6, 6.07) is 0.267. The number of amides is 1. The van der Waals surface area contributed by atoms with E-state index in [1.807, 2.05) is 20.8 Å². The van der Waals surface area contributed by atoms with Crippen LogP contribution in [0.5, 0.6) is 0 Å². The number of nitrogens with zero attached hydrogens (tertiary/aromatic N) is 1. The summed E-state index contributed by atoms with van der Waals surface area (Å²) in [4.78, 5) is 14.1. The molecule has 1 amide bonds. The van der Waals surface area contributed by atoms with Crippen molar-refractivity contribution < 1.29 is 9.53 Å². The Hall–Kier alpha value is -0.770. The van der Waals surface area contributed by atoms with Gasteiger partial charge in [-0.25, -0.2) is 4.79 Å². The molecule has 1 N–H and O–H groups in total. The van der Waals surface area contributed by atoms with Gasteiger partial charge in [-0.15, -0.1) is 0 Å². The van der Waals surface area contributed by atoms with Gasteiger partial charge in [-0.2, -0.15) is 0 Å². The van der Waals surface area contributed by atoms with Crippen LogP contribution in [0.4, 0.5) is 4.79 Å².